The number of rotatable bonds is 5. The van der Waals surface area contributed by atoms with Crippen LogP contribution in [0.2, 0.25) is 0 Å². The SMILES string of the molecule is CS(=O)(=O)CCC(N)c1nc(C2CCCO2)no1. The number of hydrogen-bond acceptors (Lipinski definition) is 7. The third-order valence-electron chi connectivity index (χ3n) is 2.79. The van der Waals surface area contributed by atoms with Crippen LogP contribution in [-0.4, -0.2) is 37.2 Å². The molecule has 0 aromatic carbocycles. The minimum Gasteiger partial charge on any atom is -0.370 e. The molecule has 1 aliphatic heterocycles. The second-order valence-electron chi connectivity index (χ2n) is 4.52. The van der Waals surface area contributed by atoms with Crippen molar-refractivity contribution >= 4 is 9.84 Å². The number of sulfone groups is 1. The van der Waals surface area contributed by atoms with Crippen molar-refractivity contribution in [3.63, 3.8) is 0 Å². The van der Waals surface area contributed by atoms with Crippen molar-refractivity contribution < 1.29 is 17.7 Å². The molecule has 2 heterocycles. The summed E-state index contributed by atoms with van der Waals surface area (Å²) in [7, 11) is -3.03. The van der Waals surface area contributed by atoms with Gasteiger partial charge in [-0.25, -0.2) is 8.42 Å². The van der Waals surface area contributed by atoms with Crippen LogP contribution in [-0.2, 0) is 14.6 Å². The monoisotopic (exact) mass is 275 g/mol. The molecule has 7 nitrogen and oxygen atoms in total. The molecule has 18 heavy (non-hydrogen) atoms. The Morgan fingerprint density at radius 2 is 2.33 bits per heavy atom. The smallest absolute Gasteiger partial charge is 0.243 e. The van der Waals surface area contributed by atoms with Crippen molar-refractivity contribution in [2.45, 2.75) is 31.4 Å². The summed E-state index contributed by atoms with van der Waals surface area (Å²) in [6, 6.07) is -0.553. The van der Waals surface area contributed by atoms with Crippen molar-refractivity contribution in [3.05, 3.63) is 11.7 Å². The first kappa shape index (κ1) is 13.4. The fourth-order valence-electron chi connectivity index (χ4n) is 1.77. The van der Waals surface area contributed by atoms with Gasteiger partial charge in [0.2, 0.25) is 11.7 Å². The Labute approximate surface area is 106 Å². The fourth-order valence-corrected chi connectivity index (χ4v) is 2.46. The molecule has 0 aliphatic carbocycles. The number of nitrogens with zero attached hydrogens (tertiary/aromatic N) is 2. The van der Waals surface area contributed by atoms with E-state index in [0.29, 0.717) is 12.4 Å². The minimum absolute atomic E-state index is 0.00576. The summed E-state index contributed by atoms with van der Waals surface area (Å²) in [5, 5.41) is 3.82. The Morgan fingerprint density at radius 1 is 1.56 bits per heavy atom. The van der Waals surface area contributed by atoms with E-state index in [2.05, 4.69) is 10.1 Å². The molecule has 2 atom stereocenters. The lowest BCUT2D eigenvalue weighted by molar-refractivity contribution is 0.103. The van der Waals surface area contributed by atoms with Gasteiger partial charge in [-0.3, -0.25) is 0 Å². The van der Waals surface area contributed by atoms with E-state index < -0.39 is 15.9 Å². The first-order valence-corrected chi connectivity index (χ1v) is 7.90. The summed E-state index contributed by atoms with van der Waals surface area (Å²) in [6.07, 6.45) is 3.17. The van der Waals surface area contributed by atoms with Crippen molar-refractivity contribution in [1.29, 1.82) is 0 Å². The van der Waals surface area contributed by atoms with E-state index in [4.69, 9.17) is 15.0 Å². The Kier molecular flexibility index (Phi) is 3.98. The zero-order valence-corrected chi connectivity index (χ0v) is 11.0. The molecule has 8 heteroatoms. The minimum atomic E-state index is -3.03. The zero-order valence-electron chi connectivity index (χ0n) is 10.2. The first-order chi connectivity index (χ1) is 8.46. The molecule has 2 rings (SSSR count). The highest BCUT2D eigenvalue weighted by atomic mass is 32.2. The molecule has 102 valence electrons. The van der Waals surface area contributed by atoms with Crippen LogP contribution in [0.1, 0.15) is 43.1 Å². The quantitative estimate of drug-likeness (QED) is 0.826. The van der Waals surface area contributed by atoms with Gasteiger partial charge in [0.15, 0.2) is 0 Å². The van der Waals surface area contributed by atoms with Crippen molar-refractivity contribution in [2.24, 2.45) is 5.73 Å². The number of aromatic nitrogens is 2. The van der Waals surface area contributed by atoms with E-state index in [0.717, 1.165) is 12.8 Å². The van der Waals surface area contributed by atoms with Crippen LogP contribution in [0.15, 0.2) is 4.52 Å². The van der Waals surface area contributed by atoms with E-state index in [9.17, 15) is 8.42 Å². The number of nitrogens with two attached hydrogens (primary N) is 1. The van der Waals surface area contributed by atoms with Gasteiger partial charge in [0.25, 0.3) is 0 Å². The van der Waals surface area contributed by atoms with Crippen LogP contribution in [0.4, 0.5) is 0 Å². The maximum absolute atomic E-state index is 11.0. The maximum atomic E-state index is 11.0. The van der Waals surface area contributed by atoms with Gasteiger partial charge in [0.1, 0.15) is 15.9 Å². The van der Waals surface area contributed by atoms with Crippen LogP contribution in [0.5, 0.6) is 0 Å². The largest absolute Gasteiger partial charge is 0.370 e. The van der Waals surface area contributed by atoms with E-state index in [1.807, 2.05) is 0 Å². The Hall–Kier alpha value is -0.990. The molecular weight excluding hydrogens is 258 g/mol. The van der Waals surface area contributed by atoms with Gasteiger partial charge in [-0.15, -0.1) is 0 Å². The molecule has 1 fully saturated rings. The average molecular weight is 275 g/mol. The highest BCUT2D eigenvalue weighted by Crippen LogP contribution is 2.27. The van der Waals surface area contributed by atoms with Crippen LogP contribution in [0.25, 0.3) is 0 Å². The van der Waals surface area contributed by atoms with Gasteiger partial charge in [-0.2, -0.15) is 4.98 Å². The average Bonchev–Trinajstić information content (AvgIpc) is 2.94. The standard InChI is InChI=1S/C10H17N3O4S/c1-18(14,15)6-4-7(11)10-12-9(13-17-10)8-3-2-5-16-8/h7-8H,2-6,11H2,1H3. The van der Waals surface area contributed by atoms with Gasteiger partial charge < -0.3 is 15.0 Å². The summed E-state index contributed by atoms with van der Waals surface area (Å²) < 4.78 is 32.5. The molecule has 1 aromatic rings. The molecule has 2 N–H and O–H groups in total. The first-order valence-electron chi connectivity index (χ1n) is 5.84. The summed E-state index contributed by atoms with van der Waals surface area (Å²) in [5.41, 5.74) is 5.81. The van der Waals surface area contributed by atoms with Crippen molar-refractivity contribution in [3.8, 4) is 0 Å². The fraction of sp³-hybridized carbons (Fsp3) is 0.800. The van der Waals surface area contributed by atoms with E-state index in [1.54, 1.807) is 0 Å². The Morgan fingerprint density at radius 3 is 2.94 bits per heavy atom. The van der Waals surface area contributed by atoms with Gasteiger partial charge in [0, 0.05) is 12.9 Å². The summed E-state index contributed by atoms with van der Waals surface area (Å²) in [6.45, 7) is 0.703. The van der Waals surface area contributed by atoms with E-state index in [-0.39, 0.29) is 24.2 Å². The molecule has 1 aromatic heterocycles. The number of ether oxygens (including phenoxy) is 1. The molecule has 2 unspecified atom stereocenters. The van der Waals surface area contributed by atoms with Gasteiger partial charge >= 0.3 is 0 Å². The van der Waals surface area contributed by atoms with Gasteiger partial charge in [-0.05, 0) is 19.3 Å². The lowest BCUT2D eigenvalue weighted by atomic mass is 10.2. The maximum Gasteiger partial charge on any atom is 0.243 e. The van der Waals surface area contributed by atoms with Crippen molar-refractivity contribution in [2.75, 3.05) is 18.6 Å². The Balaban J connectivity index is 1.96. The van der Waals surface area contributed by atoms with Crippen molar-refractivity contribution in [1.82, 2.24) is 10.1 Å². The van der Waals surface area contributed by atoms with Crippen LogP contribution < -0.4 is 5.73 Å². The van der Waals surface area contributed by atoms with Gasteiger partial charge in [-0.1, -0.05) is 5.16 Å². The molecule has 0 saturated carbocycles. The second kappa shape index (κ2) is 5.33. The highest BCUT2D eigenvalue weighted by molar-refractivity contribution is 7.90. The summed E-state index contributed by atoms with van der Waals surface area (Å²) in [4.78, 5) is 4.17. The topological polar surface area (TPSA) is 108 Å². The molecule has 0 bridgehead atoms. The predicted molar refractivity (Wildman–Crippen MR) is 63.5 cm³/mol. The Bertz CT molecular complexity index is 493. The molecule has 0 amide bonds. The molecule has 0 spiro atoms. The molecule has 1 aliphatic rings. The third-order valence-corrected chi connectivity index (χ3v) is 3.77. The second-order valence-corrected chi connectivity index (χ2v) is 6.78. The summed E-state index contributed by atoms with van der Waals surface area (Å²) >= 11 is 0. The lowest BCUT2D eigenvalue weighted by Crippen LogP contribution is -2.16. The van der Waals surface area contributed by atoms with Crippen LogP contribution in [0, 0.1) is 0 Å². The third kappa shape index (κ3) is 3.50. The highest BCUT2D eigenvalue weighted by Gasteiger charge is 2.25. The van der Waals surface area contributed by atoms with E-state index in [1.165, 1.54) is 6.26 Å². The normalized spacial score (nSPS) is 22.2. The van der Waals surface area contributed by atoms with Crippen LogP contribution in [0.3, 0.4) is 0 Å². The molecule has 1 saturated heterocycles. The predicted octanol–water partition coefficient (Wildman–Crippen LogP) is 0.356. The lowest BCUT2D eigenvalue weighted by Gasteiger charge is -2.05. The van der Waals surface area contributed by atoms with Crippen LogP contribution >= 0.6 is 0 Å². The summed E-state index contributed by atoms with van der Waals surface area (Å²) in [5.74, 6) is 0.771. The molecule has 0 radical (unpaired) electrons. The zero-order chi connectivity index (χ0) is 13.2. The van der Waals surface area contributed by atoms with Gasteiger partial charge in [0.05, 0.1) is 11.8 Å². The number of hydrogen-bond donors (Lipinski definition) is 1. The van der Waals surface area contributed by atoms with E-state index >= 15 is 0 Å². The molecular formula is C10H17N3O4S.